The molecule has 3 rings (SSSR count). The highest BCUT2D eigenvalue weighted by Crippen LogP contribution is 2.23. The average molecular weight is 491 g/mol. The smallest absolute Gasteiger partial charge is 0.272 e. The van der Waals surface area contributed by atoms with Crippen molar-refractivity contribution in [3.8, 4) is 5.69 Å². The Morgan fingerprint density at radius 2 is 1.85 bits per heavy atom. The fraction of sp³-hybridized carbons (Fsp3) is 0.182. The van der Waals surface area contributed by atoms with E-state index in [-0.39, 0.29) is 33.3 Å². The lowest BCUT2D eigenvalue weighted by molar-refractivity contribution is 0.0928. The number of aromatic nitrogens is 2. The molecule has 0 saturated heterocycles. The maximum atomic E-state index is 14.8. The number of benzene rings is 2. The molecule has 0 saturated carbocycles. The van der Waals surface area contributed by atoms with E-state index in [0.29, 0.717) is 13.1 Å². The number of amides is 3. The van der Waals surface area contributed by atoms with Gasteiger partial charge in [-0.3, -0.25) is 19.0 Å². The van der Waals surface area contributed by atoms with Crippen molar-refractivity contribution >= 4 is 35.0 Å². The van der Waals surface area contributed by atoms with Gasteiger partial charge in [-0.1, -0.05) is 11.6 Å². The van der Waals surface area contributed by atoms with Crippen LogP contribution in [0.25, 0.3) is 5.69 Å². The highest BCUT2D eigenvalue weighted by atomic mass is 35.5. The third-order valence-corrected chi connectivity index (χ3v) is 5.03. The molecule has 0 spiro atoms. The minimum Gasteiger partial charge on any atom is -0.364 e. The number of likely N-dealkylation sites (N-methyl/N-ethyl adjacent to an activating group) is 1. The summed E-state index contributed by atoms with van der Waals surface area (Å²) in [6.45, 7) is 0.887. The lowest BCUT2D eigenvalue weighted by Gasteiger charge is -2.12. The van der Waals surface area contributed by atoms with Crippen molar-refractivity contribution in [3.05, 3.63) is 76.3 Å². The first-order chi connectivity index (χ1) is 16.1. The number of primary amides is 1. The topological polar surface area (TPSA) is 122 Å². The van der Waals surface area contributed by atoms with E-state index in [9.17, 15) is 23.2 Å². The third-order valence-electron chi connectivity index (χ3n) is 4.72. The molecule has 3 amide bonds. The Kier molecular flexibility index (Phi) is 7.59. The molecule has 0 aliphatic heterocycles. The Hall–Kier alpha value is -3.83. The van der Waals surface area contributed by atoms with Crippen LogP contribution in [-0.2, 0) is 0 Å². The number of carbonyl (C=O) groups excluding carboxylic acids is 3. The van der Waals surface area contributed by atoms with Crippen LogP contribution in [0.4, 0.5) is 14.5 Å². The van der Waals surface area contributed by atoms with Crippen LogP contribution in [0.5, 0.6) is 0 Å². The molecule has 4 N–H and O–H groups in total. The fourth-order valence-electron chi connectivity index (χ4n) is 3.04. The second-order valence-electron chi connectivity index (χ2n) is 7.48. The van der Waals surface area contributed by atoms with E-state index in [1.54, 1.807) is 0 Å². The first-order valence-electron chi connectivity index (χ1n) is 9.95. The zero-order valence-electron chi connectivity index (χ0n) is 18.2. The molecule has 3 aromatic rings. The van der Waals surface area contributed by atoms with Gasteiger partial charge in [-0.15, -0.1) is 0 Å². The van der Waals surface area contributed by atoms with Gasteiger partial charge in [0.15, 0.2) is 5.69 Å². The number of imidazole rings is 1. The molecule has 0 fully saturated rings. The number of hydrogen-bond acceptors (Lipinski definition) is 5. The molecule has 0 atom stereocenters. The molecule has 0 radical (unpaired) electrons. The van der Waals surface area contributed by atoms with Crippen molar-refractivity contribution in [2.45, 2.75) is 0 Å². The summed E-state index contributed by atoms with van der Waals surface area (Å²) >= 11 is 5.87. The molecule has 1 aromatic heterocycles. The molecule has 12 heteroatoms. The Labute approximate surface area is 198 Å². The van der Waals surface area contributed by atoms with Gasteiger partial charge in [0.05, 0.1) is 22.0 Å². The van der Waals surface area contributed by atoms with E-state index in [0.717, 1.165) is 18.2 Å². The van der Waals surface area contributed by atoms with Gasteiger partial charge in [0, 0.05) is 19.2 Å². The first-order valence-corrected chi connectivity index (χ1v) is 10.3. The van der Waals surface area contributed by atoms with Gasteiger partial charge in [-0.2, -0.15) is 0 Å². The number of nitrogens with one attached hydrogen (secondary N) is 2. The summed E-state index contributed by atoms with van der Waals surface area (Å²) in [5, 5.41) is 4.86. The van der Waals surface area contributed by atoms with E-state index in [4.69, 9.17) is 17.3 Å². The number of nitrogens with two attached hydrogens (primary N) is 1. The van der Waals surface area contributed by atoms with E-state index in [1.807, 2.05) is 19.0 Å². The first kappa shape index (κ1) is 24.8. The summed E-state index contributed by atoms with van der Waals surface area (Å²) in [4.78, 5) is 42.7. The summed E-state index contributed by atoms with van der Waals surface area (Å²) in [6.07, 6.45) is 1.17. The Balaban J connectivity index is 1.85. The van der Waals surface area contributed by atoms with Gasteiger partial charge in [0.2, 0.25) is 0 Å². The minimum absolute atomic E-state index is 0.0397. The summed E-state index contributed by atoms with van der Waals surface area (Å²) in [6, 6.07) is 6.88. The zero-order valence-corrected chi connectivity index (χ0v) is 19.0. The van der Waals surface area contributed by atoms with Crippen LogP contribution in [0.2, 0.25) is 5.02 Å². The predicted octanol–water partition coefficient (Wildman–Crippen LogP) is 2.45. The quantitative estimate of drug-likeness (QED) is 0.447. The molecule has 0 bridgehead atoms. The number of hydrogen-bond donors (Lipinski definition) is 3. The van der Waals surface area contributed by atoms with Crippen molar-refractivity contribution in [1.82, 2.24) is 19.8 Å². The molecule has 0 aliphatic carbocycles. The molecule has 2 aromatic carbocycles. The third kappa shape index (κ3) is 5.56. The highest BCUT2D eigenvalue weighted by Gasteiger charge is 2.23. The van der Waals surface area contributed by atoms with Crippen molar-refractivity contribution < 1.29 is 23.2 Å². The standard InChI is InChI=1S/C22H21ClF2N6O3/c1-30(2)8-7-27-22(34)18-19(20(26)32)31(11-28-18)13-4-6-17(16(25)10-13)29-21(33)14-5-3-12(24)9-15(14)23/h3-6,9-11H,7-8H2,1-2H3,(H2,26,32)(H,27,34)(H,29,33). The summed E-state index contributed by atoms with van der Waals surface area (Å²) < 4.78 is 29.1. The van der Waals surface area contributed by atoms with Crippen LogP contribution in [0.1, 0.15) is 31.3 Å². The van der Waals surface area contributed by atoms with Crippen molar-refractivity contribution in [1.29, 1.82) is 0 Å². The molecule has 178 valence electrons. The van der Waals surface area contributed by atoms with Gasteiger partial charge in [0.1, 0.15) is 23.7 Å². The van der Waals surface area contributed by atoms with Crippen LogP contribution in [0.3, 0.4) is 0 Å². The predicted molar refractivity (Wildman–Crippen MR) is 122 cm³/mol. The number of anilines is 1. The fourth-order valence-corrected chi connectivity index (χ4v) is 3.29. The second kappa shape index (κ2) is 10.4. The van der Waals surface area contributed by atoms with Crippen LogP contribution < -0.4 is 16.4 Å². The number of halogens is 3. The summed E-state index contributed by atoms with van der Waals surface area (Å²) in [7, 11) is 3.68. The van der Waals surface area contributed by atoms with Crippen molar-refractivity contribution in [2.75, 3.05) is 32.5 Å². The zero-order chi connectivity index (χ0) is 25.0. The van der Waals surface area contributed by atoms with Crippen LogP contribution >= 0.6 is 11.6 Å². The van der Waals surface area contributed by atoms with Gasteiger partial charge >= 0.3 is 0 Å². The molecule has 9 nitrogen and oxygen atoms in total. The minimum atomic E-state index is -0.931. The average Bonchev–Trinajstić information content (AvgIpc) is 3.20. The molecule has 34 heavy (non-hydrogen) atoms. The molecule has 0 unspecified atom stereocenters. The molecular formula is C22H21ClF2N6O3. The molecular weight excluding hydrogens is 470 g/mol. The maximum Gasteiger partial charge on any atom is 0.272 e. The van der Waals surface area contributed by atoms with Gasteiger partial charge < -0.3 is 21.3 Å². The summed E-state index contributed by atoms with van der Waals surface area (Å²) in [5.41, 5.74) is 4.95. The van der Waals surface area contributed by atoms with Crippen molar-refractivity contribution in [2.24, 2.45) is 5.73 Å². The molecule has 1 heterocycles. The van der Waals surface area contributed by atoms with Crippen LogP contribution in [0.15, 0.2) is 42.7 Å². The van der Waals surface area contributed by atoms with Gasteiger partial charge in [0.25, 0.3) is 17.7 Å². The van der Waals surface area contributed by atoms with Crippen LogP contribution in [0, 0.1) is 11.6 Å². The van der Waals surface area contributed by atoms with E-state index >= 15 is 0 Å². The lowest BCUT2D eigenvalue weighted by Crippen LogP contribution is -2.33. The van der Waals surface area contributed by atoms with E-state index in [2.05, 4.69) is 15.6 Å². The Bertz CT molecular complexity index is 1260. The summed E-state index contributed by atoms with van der Waals surface area (Å²) in [5.74, 6) is -3.73. The molecule has 0 aliphatic rings. The second-order valence-corrected chi connectivity index (χ2v) is 7.88. The highest BCUT2D eigenvalue weighted by molar-refractivity contribution is 6.34. The lowest BCUT2D eigenvalue weighted by atomic mass is 10.2. The number of rotatable bonds is 8. The Morgan fingerprint density at radius 3 is 2.47 bits per heavy atom. The Morgan fingerprint density at radius 1 is 1.12 bits per heavy atom. The normalized spacial score (nSPS) is 10.9. The van der Waals surface area contributed by atoms with Crippen LogP contribution in [-0.4, -0.2) is 59.4 Å². The SMILES string of the molecule is CN(C)CCNC(=O)c1ncn(-c2ccc(NC(=O)c3ccc(F)cc3Cl)c(F)c2)c1C(N)=O. The van der Waals surface area contributed by atoms with Gasteiger partial charge in [-0.05, 0) is 44.4 Å². The maximum absolute atomic E-state index is 14.8. The van der Waals surface area contributed by atoms with E-state index in [1.165, 1.54) is 29.1 Å². The number of nitrogens with zero attached hydrogens (tertiary/aromatic N) is 3. The van der Waals surface area contributed by atoms with E-state index < -0.39 is 29.4 Å². The van der Waals surface area contributed by atoms with Crippen molar-refractivity contribution in [3.63, 3.8) is 0 Å². The largest absolute Gasteiger partial charge is 0.364 e. The number of carbonyl (C=O) groups is 3. The monoisotopic (exact) mass is 490 g/mol. The van der Waals surface area contributed by atoms with Gasteiger partial charge in [-0.25, -0.2) is 13.8 Å².